The van der Waals surface area contributed by atoms with Crippen molar-refractivity contribution < 1.29 is 41.1 Å². The summed E-state index contributed by atoms with van der Waals surface area (Å²) in [6, 6.07) is -1.10. The van der Waals surface area contributed by atoms with Gasteiger partial charge in [0, 0.05) is 6.54 Å². The van der Waals surface area contributed by atoms with Crippen LogP contribution in [-0.2, 0) is 28.0 Å². The fourth-order valence-electron chi connectivity index (χ4n) is 2.33. The van der Waals surface area contributed by atoms with Crippen LogP contribution in [0.4, 0.5) is 13.2 Å². The maximum Gasteiger partial charge on any atom is 0.471 e. The zero-order valence-corrected chi connectivity index (χ0v) is 24.9. The number of methoxy groups -OCH3 is 1. The first-order valence-corrected chi connectivity index (χ1v) is 17.3. The van der Waals surface area contributed by atoms with Crippen LogP contribution in [0.3, 0.4) is 0 Å². The third-order valence-corrected chi connectivity index (χ3v) is 15.7. The van der Waals surface area contributed by atoms with Gasteiger partial charge in [0.1, 0.15) is 6.04 Å². The summed E-state index contributed by atoms with van der Waals surface area (Å²) >= 11 is 0. The highest BCUT2D eigenvalue weighted by molar-refractivity contribution is 6.74. The molecule has 8 nitrogen and oxygen atoms in total. The lowest BCUT2D eigenvalue weighted by Gasteiger charge is -2.39. The van der Waals surface area contributed by atoms with Crippen LogP contribution in [0.5, 0.6) is 0 Å². The summed E-state index contributed by atoms with van der Waals surface area (Å²) in [4.78, 5) is 36.4. The largest absolute Gasteiger partial charge is 0.471 e. The van der Waals surface area contributed by atoms with Crippen LogP contribution >= 0.6 is 0 Å². The van der Waals surface area contributed by atoms with Gasteiger partial charge in [-0.2, -0.15) is 13.2 Å². The molecule has 0 aliphatic rings. The van der Waals surface area contributed by atoms with Crippen molar-refractivity contribution in [3.8, 4) is 0 Å². The molecule has 2 amide bonds. The van der Waals surface area contributed by atoms with Crippen LogP contribution in [0.15, 0.2) is 0 Å². The van der Waals surface area contributed by atoms with E-state index < -0.39 is 59.3 Å². The van der Waals surface area contributed by atoms with E-state index in [2.05, 4.69) is 5.32 Å². The van der Waals surface area contributed by atoms with Gasteiger partial charge in [-0.25, -0.2) is 4.79 Å². The molecule has 2 N–H and O–H groups in total. The number of carbonyl (C=O) groups is 3. The number of amides is 2. The maximum absolute atomic E-state index is 12.8. The van der Waals surface area contributed by atoms with E-state index in [0.717, 1.165) is 0 Å². The molecule has 0 radical (unpaired) electrons. The Labute approximate surface area is 209 Å². The summed E-state index contributed by atoms with van der Waals surface area (Å²) in [5.41, 5.74) is 0. The Morgan fingerprint density at radius 3 is 1.77 bits per heavy atom. The predicted molar refractivity (Wildman–Crippen MR) is 133 cm³/mol. The van der Waals surface area contributed by atoms with Crippen molar-refractivity contribution in [3.05, 3.63) is 0 Å². The maximum atomic E-state index is 12.8. The third kappa shape index (κ3) is 11.0. The zero-order chi connectivity index (χ0) is 28.0. The van der Waals surface area contributed by atoms with Crippen molar-refractivity contribution in [2.75, 3.05) is 20.3 Å². The molecule has 0 heterocycles. The molecule has 2 unspecified atom stereocenters. The van der Waals surface area contributed by atoms with Gasteiger partial charge in [0.25, 0.3) is 0 Å². The van der Waals surface area contributed by atoms with Crippen LogP contribution in [-0.4, -0.2) is 73.0 Å². The highest BCUT2D eigenvalue weighted by Crippen LogP contribution is 2.38. The van der Waals surface area contributed by atoms with Crippen LogP contribution in [0.1, 0.15) is 48.0 Å². The van der Waals surface area contributed by atoms with E-state index in [1.807, 2.05) is 67.7 Å². The van der Waals surface area contributed by atoms with Crippen molar-refractivity contribution >= 4 is 34.4 Å². The van der Waals surface area contributed by atoms with Crippen LogP contribution in [0.25, 0.3) is 0 Å². The van der Waals surface area contributed by atoms with Gasteiger partial charge >= 0.3 is 18.1 Å². The average Bonchev–Trinajstić information content (AvgIpc) is 2.65. The third-order valence-electron chi connectivity index (χ3n) is 6.67. The van der Waals surface area contributed by atoms with Crippen LogP contribution < -0.4 is 10.6 Å². The first-order chi connectivity index (χ1) is 15.4. The first-order valence-electron chi connectivity index (χ1n) is 11.5. The SMILES string of the molecule is COC(=O)C(CO[Si](C)(C)C(C)(C)C)NC(=O)CC(CNC(=O)C(F)(F)F)O[Si](C)(C)C(C)(C)C. The Morgan fingerprint density at radius 2 is 1.37 bits per heavy atom. The van der Waals surface area contributed by atoms with E-state index in [0.29, 0.717) is 0 Å². The van der Waals surface area contributed by atoms with E-state index in [4.69, 9.17) is 13.6 Å². The molecule has 0 aromatic heterocycles. The molecule has 13 heteroatoms. The number of halogens is 3. The van der Waals surface area contributed by atoms with Gasteiger partial charge in [0.05, 0.1) is 26.2 Å². The number of esters is 1. The quantitative estimate of drug-likeness (QED) is 0.300. The van der Waals surface area contributed by atoms with Crippen LogP contribution in [0.2, 0.25) is 36.3 Å². The molecule has 206 valence electrons. The van der Waals surface area contributed by atoms with Gasteiger partial charge in [-0.1, -0.05) is 41.5 Å². The topological polar surface area (TPSA) is 103 Å². The molecule has 0 bridgehead atoms. The van der Waals surface area contributed by atoms with Gasteiger partial charge in [-0.3, -0.25) is 9.59 Å². The summed E-state index contributed by atoms with van der Waals surface area (Å²) in [6.45, 7) is 19.1. The summed E-state index contributed by atoms with van der Waals surface area (Å²) in [6.07, 6.45) is -6.44. The number of hydrogen-bond donors (Lipinski definition) is 2. The molecule has 0 aromatic carbocycles. The van der Waals surface area contributed by atoms with E-state index >= 15 is 0 Å². The molecule has 0 saturated carbocycles. The molecule has 0 spiro atoms. The lowest BCUT2D eigenvalue weighted by Crippen LogP contribution is -2.52. The number of carbonyl (C=O) groups excluding carboxylic acids is 3. The number of rotatable bonds is 11. The Morgan fingerprint density at radius 1 is 0.886 bits per heavy atom. The van der Waals surface area contributed by atoms with Crippen molar-refractivity contribution in [3.63, 3.8) is 0 Å². The van der Waals surface area contributed by atoms with E-state index in [1.54, 1.807) is 5.32 Å². The molecule has 0 aromatic rings. The summed E-state index contributed by atoms with van der Waals surface area (Å²) in [7, 11) is -3.56. The average molecular weight is 545 g/mol. The van der Waals surface area contributed by atoms with E-state index in [-0.39, 0.29) is 23.1 Å². The first kappa shape index (κ1) is 33.6. The summed E-state index contributed by atoms with van der Waals surface area (Å²) in [5.74, 6) is -3.45. The minimum Gasteiger partial charge on any atom is -0.467 e. The lowest BCUT2D eigenvalue weighted by atomic mass is 10.2. The Bertz CT molecular complexity index is 747. The van der Waals surface area contributed by atoms with Crippen molar-refractivity contribution in [2.45, 2.75) is 103 Å². The second-order valence-corrected chi connectivity index (χ2v) is 21.2. The van der Waals surface area contributed by atoms with Crippen molar-refractivity contribution in [1.82, 2.24) is 10.6 Å². The summed E-state index contributed by atoms with van der Waals surface area (Å²) in [5, 5.41) is 3.92. The smallest absolute Gasteiger partial charge is 0.467 e. The van der Waals surface area contributed by atoms with Crippen LogP contribution in [0, 0.1) is 0 Å². The minimum atomic E-state index is -5.05. The highest BCUT2D eigenvalue weighted by Gasteiger charge is 2.42. The number of alkyl halides is 3. The summed E-state index contributed by atoms with van der Waals surface area (Å²) < 4.78 is 55.0. The number of ether oxygens (including phenoxy) is 1. The number of hydrogen-bond acceptors (Lipinski definition) is 6. The molecule has 2 atom stereocenters. The van der Waals surface area contributed by atoms with Gasteiger partial charge in [0.15, 0.2) is 16.6 Å². The molecular formula is C22H43F3N2O6Si2. The second-order valence-electron chi connectivity index (χ2n) is 11.6. The molecule has 0 fully saturated rings. The molecule has 0 aliphatic heterocycles. The monoisotopic (exact) mass is 544 g/mol. The molecule has 35 heavy (non-hydrogen) atoms. The normalized spacial score (nSPS) is 15.3. The Kier molecular flexibility index (Phi) is 11.7. The van der Waals surface area contributed by atoms with Crippen molar-refractivity contribution in [2.24, 2.45) is 0 Å². The highest BCUT2D eigenvalue weighted by atomic mass is 28.4. The van der Waals surface area contributed by atoms with E-state index in [9.17, 15) is 27.6 Å². The predicted octanol–water partition coefficient (Wildman–Crippen LogP) is 4.13. The second kappa shape index (κ2) is 12.2. The molecular weight excluding hydrogens is 501 g/mol. The van der Waals surface area contributed by atoms with Gasteiger partial charge in [0.2, 0.25) is 5.91 Å². The fraction of sp³-hybridized carbons (Fsp3) is 0.864. The van der Waals surface area contributed by atoms with Gasteiger partial charge < -0.3 is 24.2 Å². The minimum absolute atomic E-state index is 0.104. The van der Waals surface area contributed by atoms with Gasteiger partial charge in [-0.15, -0.1) is 0 Å². The number of nitrogens with one attached hydrogen (secondary N) is 2. The Balaban J connectivity index is 5.55. The van der Waals surface area contributed by atoms with Crippen molar-refractivity contribution in [1.29, 1.82) is 0 Å². The zero-order valence-electron chi connectivity index (χ0n) is 22.9. The molecule has 0 rings (SSSR count). The molecule has 0 saturated heterocycles. The van der Waals surface area contributed by atoms with Gasteiger partial charge in [-0.05, 0) is 36.3 Å². The Hall–Kier alpha value is -1.45. The molecule has 0 aliphatic carbocycles. The lowest BCUT2D eigenvalue weighted by molar-refractivity contribution is -0.174. The van der Waals surface area contributed by atoms with E-state index in [1.165, 1.54) is 7.11 Å². The fourth-order valence-corrected chi connectivity index (χ4v) is 4.70. The standard InChI is InChI=1S/C22H43F3N2O6Si2/c1-20(2,3)34(8,9)32-14-16(18(29)31-7)27-17(28)12-15(13-26-19(30)22(23,24)25)33-35(10,11)21(4,5)6/h15-16H,12-14H2,1-11H3,(H,26,30)(H,27,28).